The zero-order chi connectivity index (χ0) is 16.2. The van der Waals surface area contributed by atoms with Crippen molar-refractivity contribution in [3.8, 4) is 17.1 Å². The smallest absolute Gasteiger partial charge is 0.226 e. The summed E-state index contributed by atoms with van der Waals surface area (Å²) in [4.78, 5) is 0. The van der Waals surface area contributed by atoms with E-state index < -0.39 is 0 Å². The Hall–Kier alpha value is -2.55. The molecular weight excluding hydrogens is 316 g/mol. The molecule has 2 heterocycles. The molecule has 0 unspecified atom stereocenters. The van der Waals surface area contributed by atoms with Crippen LogP contribution >= 0.6 is 11.8 Å². The van der Waals surface area contributed by atoms with Gasteiger partial charge in [0, 0.05) is 12.5 Å². The number of nitrogens with zero attached hydrogens (tertiary/aromatic N) is 5. The molecule has 0 bridgehead atoms. The average molecular weight is 332 g/mol. The van der Waals surface area contributed by atoms with Gasteiger partial charge in [0.1, 0.15) is 5.75 Å². The molecule has 0 saturated heterocycles. The summed E-state index contributed by atoms with van der Waals surface area (Å²) < 4.78 is 12.2. The van der Waals surface area contributed by atoms with Gasteiger partial charge in [-0.05, 0) is 31.2 Å². The highest BCUT2D eigenvalue weighted by molar-refractivity contribution is 7.98. The first-order chi connectivity index (χ1) is 11.2. The highest BCUT2D eigenvalue weighted by Gasteiger charge is 2.13. The number of thioether (sulfide) groups is 1. The summed E-state index contributed by atoms with van der Waals surface area (Å²) in [5.41, 5.74) is 0.865. The molecule has 9 heteroatoms. The van der Waals surface area contributed by atoms with E-state index in [9.17, 15) is 0 Å². The molecule has 0 aliphatic rings. The Morgan fingerprint density at radius 2 is 1.96 bits per heavy atom. The van der Waals surface area contributed by atoms with Crippen LogP contribution in [0, 0.1) is 6.92 Å². The normalized spacial score (nSPS) is 10.9. The molecule has 3 rings (SSSR count). The lowest BCUT2D eigenvalue weighted by atomic mass is 10.2. The van der Waals surface area contributed by atoms with Gasteiger partial charge in [0.25, 0.3) is 0 Å². The van der Waals surface area contributed by atoms with Crippen molar-refractivity contribution in [3.63, 3.8) is 0 Å². The molecule has 0 spiro atoms. The standard InChI is InChI=1S/C14H16N6O2S/c1-3-21-11-6-4-10(5-7-11)13-18-19-14(20(13)15)23-8-12-17-16-9(2)22-12/h4-7H,3,8,15H2,1-2H3. The molecule has 2 aromatic heterocycles. The Kier molecular flexibility index (Phi) is 4.47. The van der Waals surface area contributed by atoms with Crippen molar-refractivity contribution >= 4 is 11.8 Å². The third-order valence-corrected chi connectivity index (χ3v) is 3.91. The fourth-order valence-corrected chi connectivity index (χ4v) is 2.65. The van der Waals surface area contributed by atoms with E-state index in [0.29, 0.717) is 35.1 Å². The van der Waals surface area contributed by atoms with Gasteiger partial charge in [-0.15, -0.1) is 20.4 Å². The van der Waals surface area contributed by atoms with Crippen LogP contribution in [0.4, 0.5) is 0 Å². The minimum Gasteiger partial charge on any atom is -0.494 e. The Morgan fingerprint density at radius 3 is 2.61 bits per heavy atom. The van der Waals surface area contributed by atoms with Gasteiger partial charge in [0.15, 0.2) is 5.82 Å². The third kappa shape index (κ3) is 3.45. The van der Waals surface area contributed by atoms with Crippen molar-refractivity contribution in [2.24, 2.45) is 0 Å². The highest BCUT2D eigenvalue weighted by atomic mass is 32.2. The van der Waals surface area contributed by atoms with E-state index in [-0.39, 0.29) is 0 Å². The van der Waals surface area contributed by atoms with E-state index in [1.165, 1.54) is 16.4 Å². The lowest BCUT2D eigenvalue weighted by molar-refractivity contribution is 0.340. The van der Waals surface area contributed by atoms with Crippen molar-refractivity contribution in [1.29, 1.82) is 0 Å². The SMILES string of the molecule is CCOc1ccc(-c2nnc(SCc3nnc(C)o3)n2N)cc1. The Bertz CT molecular complexity index is 783. The van der Waals surface area contributed by atoms with Gasteiger partial charge >= 0.3 is 0 Å². The average Bonchev–Trinajstić information content (AvgIpc) is 3.13. The van der Waals surface area contributed by atoms with E-state index in [1.807, 2.05) is 31.2 Å². The molecule has 0 aliphatic heterocycles. The fraction of sp³-hybridized carbons (Fsp3) is 0.286. The molecule has 23 heavy (non-hydrogen) atoms. The summed E-state index contributed by atoms with van der Waals surface area (Å²) in [6.45, 7) is 4.32. The summed E-state index contributed by atoms with van der Waals surface area (Å²) in [5.74, 6) is 9.01. The van der Waals surface area contributed by atoms with Gasteiger partial charge < -0.3 is 15.0 Å². The lowest BCUT2D eigenvalue weighted by Gasteiger charge is -2.05. The summed E-state index contributed by atoms with van der Waals surface area (Å²) in [6, 6.07) is 7.55. The Labute approximate surface area is 137 Å². The monoisotopic (exact) mass is 332 g/mol. The van der Waals surface area contributed by atoms with E-state index >= 15 is 0 Å². The molecule has 0 atom stereocenters. The van der Waals surface area contributed by atoms with E-state index in [1.54, 1.807) is 6.92 Å². The second-order valence-corrected chi connectivity index (χ2v) is 5.58. The summed E-state index contributed by atoms with van der Waals surface area (Å²) >= 11 is 1.38. The van der Waals surface area contributed by atoms with Gasteiger partial charge in [-0.3, -0.25) is 0 Å². The fourth-order valence-electron chi connectivity index (χ4n) is 1.96. The van der Waals surface area contributed by atoms with Crippen LogP contribution in [0.1, 0.15) is 18.7 Å². The molecule has 0 radical (unpaired) electrons. The second-order valence-electron chi connectivity index (χ2n) is 4.64. The van der Waals surface area contributed by atoms with Crippen LogP contribution in [-0.4, -0.2) is 31.7 Å². The summed E-state index contributed by atoms with van der Waals surface area (Å²) in [5, 5.41) is 16.5. The number of rotatable bonds is 6. The van der Waals surface area contributed by atoms with E-state index in [4.69, 9.17) is 15.0 Å². The molecule has 8 nitrogen and oxygen atoms in total. The largest absolute Gasteiger partial charge is 0.494 e. The molecule has 1 aromatic carbocycles. The predicted octanol–water partition coefficient (Wildman–Crippen LogP) is 2.04. The first-order valence-corrected chi connectivity index (χ1v) is 8.01. The summed E-state index contributed by atoms with van der Waals surface area (Å²) in [7, 11) is 0. The quantitative estimate of drug-likeness (QED) is 0.540. The first-order valence-electron chi connectivity index (χ1n) is 7.03. The van der Waals surface area contributed by atoms with Crippen LogP contribution in [0.5, 0.6) is 5.75 Å². The van der Waals surface area contributed by atoms with Crippen molar-refractivity contribution in [3.05, 3.63) is 36.0 Å². The van der Waals surface area contributed by atoms with Crippen molar-refractivity contribution < 1.29 is 9.15 Å². The topological polar surface area (TPSA) is 105 Å². The van der Waals surface area contributed by atoms with Crippen LogP contribution in [0.2, 0.25) is 0 Å². The molecular formula is C14H16N6O2S. The van der Waals surface area contributed by atoms with Gasteiger partial charge in [-0.2, -0.15) is 0 Å². The molecule has 0 aliphatic carbocycles. The Balaban J connectivity index is 1.73. The van der Waals surface area contributed by atoms with Gasteiger partial charge in [0.2, 0.25) is 16.9 Å². The first kappa shape index (κ1) is 15.3. The molecule has 0 saturated carbocycles. The number of benzene rings is 1. The van der Waals surface area contributed by atoms with Crippen molar-refractivity contribution in [2.75, 3.05) is 12.4 Å². The number of hydrogen-bond donors (Lipinski definition) is 1. The molecule has 120 valence electrons. The maximum atomic E-state index is 6.07. The van der Waals surface area contributed by atoms with Crippen molar-refractivity contribution in [2.45, 2.75) is 24.8 Å². The van der Waals surface area contributed by atoms with Gasteiger partial charge in [-0.25, -0.2) is 4.68 Å². The number of hydrogen-bond acceptors (Lipinski definition) is 8. The van der Waals surface area contributed by atoms with E-state index in [0.717, 1.165) is 11.3 Å². The van der Waals surface area contributed by atoms with Crippen molar-refractivity contribution in [1.82, 2.24) is 25.1 Å². The minimum atomic E-state index is 0.486. The molecule has 0 amide bonds. The second kappa shape index (κ2) is 6.69. The van der Waals surface area contributed by atoms with E-state index in [2.05, 4.69) is 20.4 Å². The zero-order valence-corrected chi connectivity index (χ0v) is 13.6. The maximum Gasteiger partial charge on any atom is 0.226 e. The van der Waals surface area contributed by atoms with Gasteiger partial charge in [-0.1, -0.05) is 11.8 Å². The third-order valence-electron chi connectivity index (χ3n) is 2.98. The van der Waals surface area contributed by atoms with Crippen LogP contribution in [0.25, 0.3) is 11.4 Å². The number of ether oxygens (including phenoxy) is 1. The van der Waals surface area contributed by atoms with Gasteiger partial charge in [0.05, 0.1) is 12.4 Å². The van der Waals surface area contributed by atoms with Crippen LogP contribution in [-0.2, 0) is 5.75 Å². The Morgan fingerprint density at radius 1 is 1.17 bits per heavy atom. The number of nitrogens with two attached hydrogens (primary N) is 1. The summed E-state index contributed by atoms with van der Waals surface area (Å²) in [6.07, 6.45) is 0. The van der Waals surface area contributed by atoms with Crippen LogP contribution in [0.15, 0.2) is 33.8 Å². The molecule has 2 N–H and O–H groups in total. The van der Waals surface area contributed by atoms with Crippen LogP contribution < -0.4 is 10.6 Å². The van der Waals surface area contributed by atoms with Crippen LogP contribution in [0.3, 0.4) is 0 Å². The highest BCUT2D eigenvalue weighted by Crippen LogP contribution is 2.25. The lowest BCUT2D eigenvalue weighted by Crippen LogP contribution is -2.11. The predicted molar refractivity (Wildman–Crippen MR) is 85.4 cm³/mol. The maximum absolute atomic E-state index is 6.07. The minimum absolute atomic E-state index is 0.486. The number of nitrogen functional groups attached to an aromatic ring is 1. The number of aromatic nitrogens is 5. The zero-order valence-electron chi connectivity index (χ0n) is 12.8. The molecule has 0 fully saturated rings. The molecule has 3 aromatic rings. The number of aryl methyl sites for hydroxylation is 1.